The molecule has 41 heavy (non-hydrogen) atoms. The third-order valence-electron chi connectivity index (χ3n) is 7.87. The van der Waals surface area contributed by atoms with Gasteiger partial charge in [-0.2, -0.15) is 10.2 Å². The van der Waals surface area contributed by atoms with Crippen molar-refractivity contribution in [2.45, 2.75) is 25.7 Å². The van der Waals surface area contributed by atoms with E-state index in [4.69, 9.17) is 10.2 Å². The summed E-state index contributed by atoms with van der Waals surface area (Å²) in [6, 6.07) is 32.4. The van der Waals surface area contributed by atoms with Gasteiger partial charge in [-0.05, 0) is 77.8 Å². The maximum atomic E-state index is 5.02. The number of para-hydroxylation sites is 1. The first-order valence-electron chi connectivity index (χ1n) is 14.4. The van der Waals surface area contributed by atoms with Crippen LogP contribution in [0.15, 0.2) is 127 Å². The molecule has 2 heterocycles. The highest BCUT2D eigenvalue weighted by Crippen LogP contribution is 2.32. The topological polar surface area (TPSA) is 35.6 Å². The van der Waals surface area contributed by atoms with Crippen molar-refractivity contribution in [2.24, 2.45) is 7.05 Å². The summed E-state index contributed by atoms with van der Waals surface area (Å²) in [5.74, 6) is 0. The Kier molecular flexibility index (Phi) is 6.65. The largest absolute Gasteiger partial charge is 0.267 e. The molecular weight excluding hydrogens is 500 g/mol. The highest BCUT2D eigenvalue weighted by molar-refractivity contribution is 5.79. The van der Waals surface area contributed by atoms with Crippen molar-refractivity contribution in [3.8, 4) is 39.3 Å². The van der Waals surface area contributed by atoms with Gasteiger partial charge in [-0.25, -0.2) is 4.68 Å². The van der Waals surface area contributed by atoms with Gasteiger partial charge in [0.25, 0.3) is 0 Å². The molecule has 4 nitrogen and oxygen atoms in total. The quantitative estimate of drug-likeness (QED) is 0.219. The van der Waals surface area contributed by atoms with Gasteiger partial charge in [0.05, 0.1) is 28.5 Å². The number of benzene rings is 3. The summed E-state index contributed by atoms with van der Waals surface area (Å²) >= 11 is 0. The van der Waals surface area contributed by atoms with E-state index in [-0.39, 0.29) is 0 Å². The van der Waals surface area contributed by atoms with E-state index in [1.165, 1.54) is 22.3 Å². The van der Waals surface area contributed by atoms with E-state index in [2.05, 4.69) is 126 Å². The van der Waals surface area contributed by atoms with E-state index >= 15 is 0 Å². The minimum absolute atomic E-state index is 1.01. The van der Waals surface area contributed by atoms with Crippen LogP contribution in [0.1, 0.15) is 37.1 Å². The molecule has 2 aliphatic rings. The van der Waals surface area contributed by atoms with Crippen LogP contribution in [-0.2, 0) is 7.05 Å². The van der Waals surface area contributed by atoms with Gasteiger partial charge in [0.1, 0.15) is 0 Å². The fourth-order valence-electron chi connectivity index (χ4n) is 5.65. The van der Waals surface area contributed by atoms with Crippen LogP contribution in [0.5, 0.6) is 0 Å². The fourth-order valence-corrected chi connectivity index (χ4v) is 5.65. The van der Waals surface area contributed by atoms with Crippen molar-refractivity contribution in [1.82, 2.24) is 19.6 Å². The van der Waals surface area contributed by atoms with Gasteiger partial charge in [0.15, 0.2) is 0 Å². The predicted octanol–water partition coefficient (Wildman–Crippen LogP) is 9.07. The van der Waals surface area contributed by atoms with Crippen molar-refractivity contribution in [1.29, 1.82) is 0 Å². The van der Waals surface area contributed by atoms with Crippen molar-refractivity contribution in [2.75, 3.05) is 0 Å². The normalized spacial score (nSPS) is 14.7. The molecule has 0 N–H and O–H groups in total. The molecule has 0 fully saturated rings. The standard InChI is InChI=1S/C37H32N4/c1-40-36(25-34(38-40)29-11-5-2-6-12-29)31-21-17-27(18-22-31)28-19-23-32(24-20-28)37-26-35(30-13-7-3-8-14-30)39-41(37)33-15-9-4-10-16-33/h4-5,7,9-26H,2-3,6,8H2,1H3. The maximum absolute atomic E-state index is 5.02. The molecule has 5 aromatic rings. The smallest absolute Gasteiger partial charge is 0.0930 e. The molecule has 0 spiro atoms. The van der Waals surface area contributed by atoms with Crippen LogP contribution in [0.4, 0.5) is 0 Å². The van der Waals surface area contributed by atoms with E-state index in [0.29, 0.717) is 0 Å². The summed E-state index contributed by atoms with van der Waals surface area (Å²) in [6.45, 7) is 0. The summed E-state index contributed by atoms with van der Waals surface area (Å²) in [5, 5.41) is 9.79. The third-order valence-corrected chi connectivity index (χ3v) is 7.87. The first-order valence-corrected chi connectivity index (χ1v) is 14.4. The van der Waals surface area contributed by atoms with Gasteiger partial charge >= 0.3 is 0 Å². The molecule has 7 rings (SSSR count). The lowest BCUT2D eigenvalue weighted by atomic mass is 9.99. The monoisotopic (exact) mass is 532 g/mol. The van der Waals surface area contributed by atoms with E-state index in [9.17, 15) is 0 Å². The van der Waals surface area contributed by atoms with Crippen LogP contribution in [0.25, 0.3) is 50.5 Å². The zero-order chi connectivity index (χ0) is 27.6. The van der Waals surface area contributed by atoms with E-state index < -0.39 is 0 Å². The number of nitrogens with zero attached hydrogens (tertiary/aromatic N) is 4. The Labute approximate surface area is 241 Å². The van der Waals surface area contributed by atoms with Gasteiger partial charge in [0, 0.05) is 12.6 Å². The van der Waals surface area contributed by atoms with E-state index in [1.54, 1.807) is 0 Å². The average Bonchev–Trinajstić information content (AvgIpc) is 3.67. The summed E-state index contributed by atoms with van der Waals surface area (Å²) in [7, 11) is 2.02. The van der Waals surface area contributed by atoms with Crippen LogP contribution < -0.4 is 0 Å². The summed E-state index contributed by atoms with van der Waals surface area (Å²) in [4.78, 5) is 0. The molecule has 200 valence electrons. The van der Waals surface area contributed by atoms with Gasteiger partial charge in [0.2, 0.25) is 0 Å². The number of rotatable bonds is 6. The first kappa shape index (κ1) is 25.0. The Hall–Kier alpha value is -4.96. The lowest BCUT2D eigenvalue weighted by Crippen LogP contribution is -1.99. The molecule has 4 heteroatoms. The number of aryl methyl sites for hydroxylation is 1. The lowest BCUT2D eigenvalue weighted by Gasteiger charge is -2.09. The minimum atomic E-state index is 1.01. The van der Waals surface area contributed by atoms with Gasteiger partial charge < -0.3 is 0 Å². The Morgan fingerprint density at radius 1 is 0.537 bits per heavy atom. The zero-order valence-corrected chi connectivity index (χ0v) is 23.2. The van der Waals surface area contributed by atoms with Crippen molar-refractivity contribution >= 4 is 11.1 Å². The molecule has 2 aliphatic carbocycles. The van der Waals surface area contributed by atoms with Crippen LogP contribution in [0.2, 0.25) is 0 Å². The summed E-state index contributed by atoms with van der Waals surface area (Å²) in [5.41, 5.74) is 12.4. The molecule has 0 amide bonds. The molecular formula is C37H32N4. The van der Waals surface area contributed by atoms with Gasteiger partial charge in [-0.1, -0.05) is 103 Å². The van der Waals surface area contributed by atoms with Crippen molar-refractivity contribution in [3.63, 3.8) is 0 Å². The predicted molar refractivity (Wildman–Crippen MR) is 169 cm³/mol. The summed E-state index contributed by atoms with van der Waals surface area (Å²) in [6.07, 6.45) is 17.7. The molecule has 0 unspecified atom stereocenters. The number of hydrogen-bond donors (Lipinski definition) is 0. The minimum Gasteiger partial charge on any atom is -0.267 e. The molecule has 0 bridgehead atoms. The maximum Gasteiger partial charge on any atom is 0.0930 e. The highest BCUT2D eigenvalue weighted by Gasteiger charge is 2.15. The van der Waals surface area contributed by atoms with Gasteiger partial charge in [-0.3, -0.25) is 4.68 Å². The fraction of sp³-hybridized carbons (Fsp3) is 0.135. The Morgan fingerprint density at radius 2 is 1.05 bits per heavy atom. The molecule has 2 aromatic heterocycles. The number of allylic oxidation sites excluding steroid dienone is 8. The Morgan fingerprint density at radius 3 is 1.61 bits per heavy atom. The molecule has 3 aromatic carbocycles. The van der Waals surface area contributed by atoms with Gasteiger partial charge in [-0.15, -0.1) is 0 Å². The van der Waals surface area contributed by atoms with Crippen LogP contribution in [0, 0.1) is 0 Å². The number of aromatic nitrogens is 4. The van der Waals surface area contributed by atoms with E-state index in [0.717, 1.165) is 65.3 Å². The molecule has 0 aliphatic heterocycles. The molecule has 0 atom stereocenters. The number of hydrogen-bond acceptors (Lipinski definition) is 2. The second-order valence-electron chi connectivity index (χ2n) is 10.6. The average molecular weight is 533 g/mol. The van der Waals surface area contributed by atoms with Crippen LogP contribution in [0.3, 0.4) is 0 Å². The van der Waals surface area contributed by atoms with E-state index in [1.807, 2.05) is 17.8 Å². The Bertz CT molecular complexity index is 1810. The third kappa shape index (κ3) is 5.05. The van der Waals surface area contributed by atoms with Crippen molar-refractivity contribution < 1.29 is 0 Å². The zero-order valence-electron chi connectivity index (χ0n) is 23.2. The second-order valence-corrected chi connectivity index (χ2v) is 10.6. The molecule has 0 saturated heterocycles. The SMILES string of the molecule is Cn1nc(C2=CCCC=C2)cc1-c1ccc(-c2ccc(-c3cc(C4=CCCC=C4)nn3-c3ccccc3)cc2)cc1. The highest BCUT2D eigenvalue weighted by atomic mass is 15.3. The first-order chi connectivity index (χ1) is 20.2. The van der Waals surface area contributed by atoms with Crippen LogP contribution >= 0.6 is 0 Å². The Balaban J connectivity index is 1.17. The molecule has 0 saturated carbocycles. The second kappa shape index (κ2) is 10.9. The summed E-state index contributed by atoms with van der Waals surface area (Å²) < 4.78 is 4.04. The lowest BCUT2D eigenvalue weighted by molar-refractivity contribution is 0.771. The van der Waals surface area contributed by atoms with Crippen molar-refractivity contribution in [3.05, 3.63) is 139 Å². The van der Waals surface area contributed by atoms with Crippen LogP contribution in [-0.4, -0.2) is 19.6 Å². The molecule has 0 radical (unpaired) electrons.